The number of amides is 1. The van der Waals surface area contributed by atoms with Crippen molar-refractivity contribution in [3.05, 3.63) is 58.9 Å². The van der Waals surface area contributed by atoms with Gasteiger partial charge < -0.3 is 4.90 Å². The molecule has 0 heterocycles. The van der Waals surface area contributed by atoms with Gasteiger partial charge in [-0.25, -0.2) is 4.39 Å². The van der Waals surface area contributed by atoms with Crippen LogP contribution in [0.25, 0.3) is 11.1 Å². The van der Waals surface area contributed by atoms with Crippen molar-refractivity contribution in [2.45, 2.75) is 6.18 Å². The first-order valence-corrected chi connectivity index (χ1v) is 6.78. The summed E-state index contributed by atoms with van der Waals surface area (Å²) in [6.07, 6.45) is -4.72. The molecule has 0 aliphatic carbocycles. The molecule has 1 amide bonds. The minimum absolute atomic E-state index is 0.0576. The van der Waals surface area contributed by atoms with E-state index in [1.54, 1.807) is 0 Å². The highest BCUT2D eigenvalue weighted by Crippen LogP contribution is 2.35. The van der Waals surface area contributed by atoms with Crippen molar-refractivity contribution in [2.75, 3.05) is 14.1 Å². The summed E-state index contributed by atoms with van der Waals surface area (Å²) in [5.41, 5.74) is -1.45. The van der Waals surface area contributed by atoms with Crippen LogP contribution in [0.3, 0.4) is 0 Å². The fraction of sp³-hybridized carbons (Fsp3) is 0.176. The smallest absolute Gasteiger partial charge is 0.345 e. The Kier molecular flexibility index (Phi) is 4.60. The van der Waals surface area contributed by atoms with E-state index < -0.39 is 29.0 Å². The predicted octanol–water partition coefficient (Wildman–Crippen LogP) is 4.08. The van der Waals surface area contributed by atoms with Gasteiger partial charge in [-0.2, -0.15) is 18.4 Å². The van der Waals surface area contributed by atoms with Gasteiger partial charge in [-0.05, 0) is 35.4 Å². The normalized spacial score (nSPS) is 11.0. The summed E-state index contributed by atoms with van der Waals surface area (Å²) in [6.45, 7) is 0. The van der Waals surface area contributed by atoms with Crippen molar-refractivity contribution >= 4 is 5.91 Å². The second-order valence-electron chi connectivity index (χ2n) is 5.26. The van der Waals surface area contributed by atoms with Gasteiger partial charge in [0.15, 0.2) is 0 Å². The predicted molar refractivity (Wildman–Crippen MR) is 79.6 cm³/mol. The largest absolute Gasteiger partial charge is 0.417 e. The molecule has 0 fully saturated rings. The number of benzene rings is 2. The highest BCUT2D eigenvalue weighted by molar-refractivity contribution is 6.00. The van der Waals surface area contributed by atoms with Crippen LogP contribution in [-0.4, -0.2) is 24.9 Å². The first-order valence-electron chi connectivity index (χ1n) is 6.78. The molecule has 2 aromatic carbocycles. The van der Waals surface area contributed by atoms with Crippen LogP contribution in [0.4, 0.5) is 17.6 Å². The van der Waals surface area contributed by atoms with Gasteiger partial charge in [-0.1, -0.05) is 12.1 Å². The molecule has 0 radical (unpaired) electrons. The SMILES string of the molecule is CN(C)C(=O)c1cc(F)ccc1-c1ccc(C#N)c(C(F)(F)F)c1. The maximum Gasteiger partial charge on any atom is 0.417 e. The van der Waals surface area contributed by atoms with Gasteiger partial charge in [-0.3, -0.25) is 4.79 Å². The Labute approximate surface area is 135 Å². The van der Waals surface area contributed by atoms with Crippen LogP contribution >= 0.6 is 0 Å². The summed E-state index contributed by atoms with van der Waals surface area (Å²) < 4.78 is 52.8. The fourth-order valence-electron chi connectivity index (χ4n) is 2.23. The third-order valence-electron chi connectivity index (χ3n) is 3.37. The minimum atomic E-state index is -4.72. The molecule has 0 aliphatic rings. The fourth-order valence-corrected chi connectivity index (χ4v) is 2.23. The second-order valence-corrected chi connectivity index (χ2v) is 5.26. The average Bonchev–Trinajstić information content (AvgIpc) is 2.52. The van der Waals surface area contributed by atoms with Crippen LogP contribution in [0, 0.1) is 17.1 Å². The monoisotopic (exact) mass is 336 g/mol. The van der Waals surface area contributed by atoms with E-state index in [2.05, 4.69) is 0 Å². The summed E-state index contributed by atoms with van der Waals surface area (Å²) in [5, 5.41) is 8.83. The average molecular weight is 336 g/mol. The third-order valence-corrected chi connectivity index (χ3v) is 3.37. The van der Waals surface area contributed by atoms with Crippen LogP contribution in [0.15, 0.2) is 36.4 Å². The zero-order chi connectivity index (χ0) is 18.1. The van der Waals surface area contributed by atoms with Crippen molar-refractivity contribution in [1.29, 1.82) is 5.26 Å². The Balaban J connectivity index is 2.70. The third kappa shape index (κ3) is 3.38. The number of carbonyl (C=O) groups excluding carboxylic acids is 1. The van der Waals surface area contributed by atoms with Crippen molar-refractivity contribution < 1.29 is 22.4 Å². The van der Waals surface area contributed by atoms with Crippen molar-refractivity contribution in [2.24, 2.45) is 0 Å². The van der Waals surface area contributed by atoms with E-state index in [9.17, 15) is 22.4 Å². The molecule has 0 atom stereocenters. The van der Waals surface area contributed by atoms with E-state index in [-0.39, 0.29) is 16.7 Å². The Hall–Kier alpha value is -2.88. The number of nitriles is 1. The van der Waals surface area contributed by atoms with Gasteiger partial charge in [0, 0.05) is 14.1 Å². The van der Waals surface area contributed by atoms with Crippen LogP contribution in [-0.2, 0) is 6.18 Å². The van der Waals surface area contributed by atoms with E-state index in [1.807, 2.05) is 0 Å². The zero-order valence-corrected chi connectivity index (χ0v) is 12.8. The van der Waals surface area contributed by atoms with Crippen LogP contribution in [0.2, 0.25) is 0 Å². The number of hydrogen-bond donors (Lipinski definition) is 0. The number of hydrogen-bond acceptors (Lipinski definition) is 2. The molecule has 0 aromatic heterocycles. The van der Waals surface area contributed by atoms with Gasteiger partial charge >= 0.3 is 6.18 Å². The Morgan fingerprint density at radius 3 is 2.33 bits per heavy atom. The van der Waals surface area contributed by atoms with Gasteiger partial charge in [0.2, 0.25) is 0 Å². The molecule has 0 saturated heterocycles. The van der Waals surface area contributed by atoms with Crippen LogP contribution in [0.1, 0.15) is 21.5 Å². The lowest BCUT2D eigenvalue weighted by molar-refractivity contribution is -0.137. The Bertz CT molecular complexity index is 835. The highest BCUT2D eigenvalue weighted by atomic mass is 19.4. The van der Waals surface area contributed by atoms with E-state index in [4.69, 9.17) is 5.26 Å². The van der Waals surface area contributed by atoms with Crippen molar-refractivity contribution in [3.8, 4) is 17.2 Å². The standard InChI is InChI=1S/C17H12F4N2O/c1-23(2)16(24)14-8-12(18)5-6-13(14)10-3-4-11(9-22)15(7-10)17(19,20)21/h3-8H,1-2H3. The molecule has 3 nitrogen and oxygen atoms in total. The topological polar surface area (TPSA) is 44.1 Å². The molecule has 0 N–H and O–H groups in total. The molecular weight excluding hydrogens is 324 g/mol. The van der Waals surface area contributed by atoms with Gasteiger partial charge in [0.25, 0.3) is 5.91 Å². The number of alkyl halides is 3. The summed E-state index contributed by atoms with van der Waals surface area (Å²) in [6, 6.07) is 7.89. The summed E-state index contributed by atoms with van der Waals surface area (Å²) in [7, 11) is 2.91. The molecule has 0 unspecified atom stereocenters. The molecule has 0 bridgehead atoms. The molecule has 7 heteroatoms. The molecule has 0 spiro atoms. The van der Waals surface area contributed by atoms with E-state index in [0.717, 1.165) is 24.3 Å². The Morgan fingerprint density at radius 2 is 1.79 bits per heavy atom. The lowest BCUT2D eigenvalue weighted by Crippen LogP contribution is -2.22. The van der Waals surface area contributed by atoms with E-state index in [1.165, 1.54) is 37.2 Å². The minimum Gasteiger partial charge on any atom is -0.345 e. The van der Waals surface area contributed by atoms with Gasteiger partial charge in [-0.15, -0.1) is 0 Å². The molecule has 24 heavy (non-hydrogen) atoms. The van der Waals surface area contributed by atoms with Gasteiger partial charge in [0.1, 0.15) is 5.82 Å². The number of carbonyl (C=O) groups is 1. The number of nitrogens with zero attached hydrogens (tertiary/aromatic N) is 2. The highest BCUT2D eigenvalue weighted by Gasteiger charge is 2.34. The molecule has 0 aliphatic heterocycles. The molecule has 2 rings (SSSR count). The first kappa shape index (κ1) is 17.5. The van der Waals surface area contributed by atoms with Gasteiger partial charge in [0.05, 0.1) is 22.8 Å². The summed E-state index contributed by atoms with van der Waals surface area (Å²) in [5.74, 6) is -1.21. The first-order chi connectivity index (χ1) is 11.1. The van der Waals surface area contributed by atoms with Crippen molar-refractivity contribution in [1.82, 2.24) is 4.90 Å². The number of halogens is 4. The van der Waals surface area contributed by atoms with Crippen molar-refractivity contribution in [3.63, 3.8) is 0 Å². The van der Waals surface area contributed by atoms with E-state index >= 15 is 0 Å². The molecule has 2 aromatic rings. The van der Waals surface area contributed by atoms with Crippen LogP contribution < -0.4 is 0 Å². The number of rotatable bonds is 2. The molecular formula is C17H12F4N2O. The lowest BCUT2D eigenvalue weighted by atomic mass is 9.95. The maximum absolute atomic E-state index is 13.5. The van der Waals surface area contributed by atoms with E-state index in [0.29, 0.717) is 0 Å². The Morgan fingerprint density at radius 1 is 1.12 bits per heavy atom. The maximum atomic E-state index is 13.5. The zero-order valence-electron chi connectivity index (χ0n) is 12.8. The molecule has 124 valence electrons. The lowest BCUT2D eigenvalue weighted by Gasteiger charge is -2.16. The second kappa shape index (κ2) is 6.32. The summed E-state index contributed by atoms with van der Waals surface area (Å²) in [4.78, 5) is 13.4. The summed E-state index contributed by atoms with van der Waals surface area (Å²) >= 11 is 0. The van der Waals surface area contributed by atoms with Crippen LogP contribution in [0.5, 0.6) is 0 Å². The molecule has 0 saturated carbocycles. The quantitative estimate of drug-likeness (QED) is 0.776.